The number of carbonyl (C=O) groups excluding carboxylic acids is 2. The number of ether oxygens (including phenoxy) is 1. The second-order valence-corrected chi connectivity index (χ2v) is 12.0. The van der Waals surface area contributed by atoms with Crippen LogP contribution in [-0.2, 0) is 26.2 Å². The number of rotatable bonds is 14. The third-order valence-corrected chi connectivity index (χ3v) is 8.77. The summed E-state index contributed by atoms with van der Waals surface area (Å²) in [4.78, 5) is 28.9. The van der Waals surface area contributed by atoms with Crippen molar-refractivity contribution in [3.63, 3.8) is 0 Å². The van der Waals surface area contributed by atoms with Crippen LogP contribution in [-0.4, -0.2) is 51.4 Å². The molecule has 0 aromatic heterocycles. The van der Waals surface area contributed by atoms with Gasteiger partial charge in [0.1, 0.15) is 18.3 Å². The Balaban J connectivity index is 2.05. The molecule has 0 saturated carbocycles. The first-order valence-electron chi connectivity index (χ1n) is 13.7. The van der Waals surface area contributed by atoms with E-state index in [1.54, 1.807) is 62.6 Å². The molecule has 2 amide bonds. The zero-order valence-electron chi connectivity index (χ0n) is 24.0. The van der Waals surface area contributed by atoms with Gasteiger partial charge in [0.2, 0.25) is 11.8 Å². The molecule has 10 heteroatoms. The van der Waals surface area contributed by atoms with Crippen LogP contribution in [0.5, 0.6) is 5.75 Å². The first-order valence-corrected chi connectivity index (χ1v) is 15.5. The van der Waals surface area contributed by atoms with Crippen molar-refractivity contribution in [1.82, 2.24) is 10.2 Å². The maximum atomic E-state index is 14.1. The van der Waals surface area contributed by atoms with Gasteiger partial charge in [0.05, 0.1) is 17.7 Å². The summed E-state index contributed by atoms with van der Waals surface area (Å²) in [6.45, 7) is 5.71. The number of methoxy groups -OCH3 is 1. The van der Waals surface area contributed by atoms with Gasteiger partial charge in [-0.25, -0.2) is 8.42 Å². The van der Waals surface area contributed by atoms with E-state index in [9.17, 15) is 18.0 Å². The van der Waals surface area contributed by atoms with Gasteiger partial charge in [-0.3, -0.25) is 13.9 Å². The number of aryl methyl sites for hydroxylation is 1. The van der Waals surface area contributed by atoms with E-state index in [1.165, 1.54) is 17.0 Å². The average molecular weight is 600 g/mol. The summed E-state index contributed by atoms with van der Waals surface area (Å²) in [6.07, 6.45) is 2.08. The highest BCUT2D eigenvalue weighted by Crippen LogP contribution is 2.29. The van der Waals surface area contributed by atoms with Crippen molar-refractivity contribution in [3.8, 4) is 5.75 Å². The molecule has 0 spiro atoms. The Morgan fingerprint density at radius 2 is 1.68 bits per heavy atom. The van der Waals surface area contributed by atoms with Crippen LogP contribution in [0.4, 0.5) is 5.69 Å². The Kier molecular flexibility index (Phi) is 11.6. The molecule has 1 N–H and O–H groups in total. The van der Waals surface area contributed by atoms with Crippen molar-refractivity contribution in [2.24, 2.45) is 0 Å². The predicted molar refractivity (Wildman–Crippen MR) is 163 cm³/mol. The third-order valence-electron chi connectivity index (χ3n) is 6.77. The number of carbonyl (C=O) groups is 2. The van der Waals surface area contributed by atoms with Crippen LogP contribution in [0.25, 0.3) is 0 Å². The normalized spacial score (nSPS) is 11.9. The van der Waals surface area contributed by atoms with E-state index in [1.807, 2.05) is 26.0 Å². The second kappa shape index (κ2) is 14.9. The van der Waals surface area contributed by atoms with Gasteiger partial charge in [0.25, 0.3) is 10.0 Å². The molecule has 3 aromatic carbocycles. The lowest BCUT2D eigenvalue weighted by Crippen LogP contribution is -2.52. The number of nitrogens with one attached hydrogen (secondary N) is 1. The molecule has 1 atom stereocenters. The molecule has 1 unspecified atom stereocenters. The number of hydrogen-bond acceptors (Lipinski definition) is 5. The highest BCUT2D eigenvalue weighted by atomic mass is 35.5. The van der Waals surface area contributed by atoms with Gasteiger partial charge in [-0.2, -0.15) is 0 Å². The van der Waals surface area contributed by atoms with Crippen LogP contribution in [0.2, 0.25) is 5.02 Å². The number of unbranched alkanes of at least 4 members (excludes halogenated alkanes) is 1. The van der Waals surface area contributed by atoms with Gasteiger partial charge in [-0.15, -0.1) is 0 Å². The molecule has 0 heterocycles. The van der Waals surface area contributed by atoms with Crippen molar-refractivity contribution in [3.05, 3.63) is 88.9 Å². The van der Waals surface area contributed by atoms with E-state index in [0.29, 0.717) is 35.0 Å². The minimum atomic E-state index is -4.14. The van der Waals surface area contributed by atoms with Crippen molar-refractivity contribution in [1.29, 1.82) is 0 Å². The van der Waals surface area contributed by atoms with E-state index in [0.717, 1.165) is 22.7 Å². The van der Waals surface area contributed by atoms with E-state index in [-0.39, 0.29) is 17.3 Å². The fourth-order valence-corrected chi connectivity index (χ4v) is 6.21. The van der Waals surface area contributed by atoms with Gasteiger partial charge < -0.3 is 15.0 Å². The standard InChI is InChI=1S/C31H38ClN3O5S/c1-5-7-19-33-31(37)28(6-2)34(21-24-13-16-26(40-4)17-14-24)30(36)22-35(29-18-15-25(32)20-23(29)3)41(38,39)27-11-9-8-10-12-27/h8-18,20,28H,5-7,19,21-22H2,1-4H3,(H,33,37). The third kappa shape index (κ3) is 8.24. The summed E-state index contributed by atoms with van der Waals surface area (Å²) >= 11 is 6.17. The molecule has 8 nitrogen and oxygen atoms in total. The molecule has 0 aliphatic rings. The summed E-state index contributed by atoms with van der Waals surface area (Å²) < 4.78 is 34.2. The van der Waals surface area contributed by atoms with Crippen LogP contribution >= 0.6 is 11.6 Å². The van der Waals surface area contributed by atoms with Gasteiger partial charge in [0, 0.05) is 18.1 Å². The van der Waals surface area contributed by atoms with Gasteiger partial charge in [0.15, 0.2) is 0 Å². The van der Waals surface area contributed by atoms with Crippen LogP contribution in [0.1, 0.15) is 44.2 Å². The number of anilines is 1. The Morgan fingerprint density at radius 1 is 1.00 bits per heavy atom. The predicted octanol–water partition coefficient (Wildman–Crippen LogP) is 5.58. The summed E-state index contributed by atoms with van der Waals surface area (Å²) in [5.74, 6) is -0.121. The monoisotopic (exact) mass is 599 g/mol. The Morgan fingerprint density at radius 3 is 2.27 bits per heavy atom. The quantitative estimate of drug-likeness (QED) is 0.244. The van der Waals surface area contributed by atoms with Crippen molar-refractivity contribution in [2.45, 2.75) is 57.5 Å². The Hall–Kier alpha value is -3.56. The smallest absolute Gasteiger partial charge is 0.264 e. The molecule has 41 heavy (non-hydrogen) atoms. The van der Waals surface area contributed by atoms with Crippen LogP contribution in [0.15, 0.2) is 77.7 Å². The first kappa shape index (κ1) is 32.0. The molecule has 0 aliphatic carbocycles. The SMILES string of the molecule is CCCCNC(=O)C(CC)N(Cc1ccc(OC)cc1)C(=O)CN(c1ccc(Cl)cc1C)S(=O)(=O)c1ccccc1. The molecule has 0 bridgehead atoms. The Bertz CT molecular complexity index is 1420. The second-order valence-electron chi connectivity index (χ2n) is 9.69. The zero-order valence-corrected chi connectivity index (χ0v) is 25.5. The van der Waals surface area contributed by atoms with Crippen molar-refractivity contribution in [2.75, 3.05) is 24.5 Å². The fraction of sp³-hybridized carbons (Fsp3) is 0.355. The number of benzene rings is 3. The maximum absolute atomic E-state index is 14.1. The van der Waals surface area contributed by atoms with Crippen LogP contribution in [0.3, 0.4) is 0 Å². The lowest BCUT2D eigenvalue weighted by Gasteiger charge is -2.33. The van der Waals surface area contributed by atoms with Crippen molar-refractivity contribution >= 4 is 39.1 Å². The number of sulfonamides is 1. The lowest BCUT2D eigenvalue weighted by atomic mass is 10.1. The minimum Gasteiger partial charge on any atom is -0.497 e. The van der Waals surface area contributed by atoms with Gasteiger partial charge in [-0.05, 0) is 73.4 Å². The molecular weight excluding hydrogens is 562 g/mol. The fourth-order valence-electron chi connectivity index (χ4n) is 4.49. The molecule has 3 aromatic rings. The highest BCUT2D eigenvalue weighted by molar-refractivity contribution is 7.92. The van der Waals surface area contributed by atoms with Crippen molar-refractivity contribution < 1.29 is 22.7 Å². The summed E-state index contributed by atoms with van der Waals surface area (Å²) in [6, 6.07) is 19.2. The lowest BCUT2D eigenvalue weighted by molar-refractivity contribution is -0.140. The molecular formula is C31H38ClN3O5S. The van der Waals surface area contributed by atoms with Gasteiger partial charge >= 0.3 is 0 Å². The van der Waals surface area contributed by atoms with E-state index >= 15 is 0 Å². The molecule has 3 rings (SSSR count). The number of halogens is 1. The number of amides is 2. The maximum Gasteiger partial charge on any atom is 0.264 e. The first-order chi connectivity index (χ1) is 19.6. The molecule has 0 aliphatic heterocycles. The molecule has 0 radical (unpaired) electrons. The average Bonchev–Trinajstić information content (AvgIpc) is 2.97. The molecule has 0 saturated heterocycles. The van der Waals surface area contributed by atoms with E-state index in [4.69, 9.17) is 16.3 Å². The van der Waals surface area contributed by atoms with Crippen LogP contribution in [0, 0.1) is 6.92 Å². The largest absolute Gasteiger partial charge is 0.497 e. The molecule has 0 fully saturated rings. The summed E-state index contributed by atoms with van der Waals surface area (Å²) in [5.41, 5.74) is 1.70. The Labute approximate surface area is 248 Å². The van der Waals surface area contributed by atoms with E-state index < -0.39 is 28.5 Å². The zero-order chi connectivity index (χ0) is 30.0. The number of nitrogens with zero attached hydrogens (tertiary/aromatic N) is 2. The van der Waals surface area contributed by atoms with E-state index in [2.05, 4.69) is 5.32 Å². The topological polar surface area (TPSA) is 96.0 Å². The number of hydrogen-bond donors (Lipinski definition) is 1. The summed E-state index contributed by atoms with van der Waals surface area (Å²) in [7, 11) is -2.58. The van der Waals surface area contributed by atoms with Crippen LogP contribution < -0.4 is 14.4 Å². The molecule has 220 valence electrons. The summed E-state index contributed by atoms with van der Waals surface area (Å²) in [5, 5.41) is 3.38. The van der Waals surface area contributed by atoms with Gasteiger partial charge in [-0.1, -0.05) is 62.2 Å². The minimum absolute atomic E-state index is 0.0493. The highest BCUT2D eigenvalue weighted by Gasteiger charge is 2.34.